The number of nitrogens with zero attached hydrogens (tertiary/aromatic N) is 3. The van der Waals surface area contributed by atoms with Gasteiger partial charge in [0.15, 0.2) is 0 Å². The maximum absolute atomic E-state index is 13.2. The fraction of sp³-hybridized carbons (Fsp3) is 0.500. The monoisotopic (exact) mass is 451 g/mol. The Balaban J connectivity index is 1.31. The van der Waals surface area contributed by atoms with Gasteiger partial charge in [0, 0.05) is 18.0 Å². The van der Waals surface area contributed by atoms with Crippen molar-refractivity contribution in [3.05, 3.63) is 40.1 Å². The number of piperidine rings is 1. The van der Waals surface area contributed by atoms with Crippen molar-refractivity contribution in [2.24, 2.45) is 0 Å². The van der Waals surface area contributed by atoms with Crippen molar-refractivity contribution in [3.8, 4) is 0 Å². The zero-order valence-electron chi connectivity index (χ0n) is 16.7. The maximum atomic E-state index is 13.2. The first-order valence-electron chi connectivity index (χ1n) is 10.1. The van der Waals surface area contributed by atoms with E-state index in [1.54, 1.807) is 6.07 Å². The molecule has 3 rings (SSSR count). The Bertz CT molecular complexity index is 842. The number of benzene rings is 1. The summed E-state index contributed by atoms with van der Waals surface area (Å²) in [6.07, 6.45) is 4.86. The summed E-state index contributed by atoms with van der Waals surface area (Å²) in [6, 6.07) is 5.66. The lowest BCUT2D eigenvalue weighted by Crippen LogP contribution is -2.33. The Morgan fingerprint density at radius 2 is 2.03 bits per heavy atom. The van der Waals surface area contributed by atoms with E-state index in [-0.39, 0.29) is 10.9 Å². The molecule has 0 bridgehead atoms. The molecule has 30 heavy (non-hydrogen) atoms. The maximum Gasteiger partial charge on any atom is 0.286 e. The van der Waals surface area contributed by atoms with E-state index in [4.69, 9.17) is 0 Å². The van der Waals surface area contributed by atoms with Gasteiger partial charge in [0.05, 0.1) is 5.75 Å². The lowest BCUT2D eigenvalue weighted by molar-refractivity contribution is -0.118. The molecule has 10 heteroatoms. The van der Waals surface area contributed by atoms with E-state index in [2.05, 4.69) is 25.7 Å². The lowest BCUT2D eigenvalue weighted by Gasteiger charge is -2.26. The molecule has 0 saturated carbocycles. The number of thioether (sulfide) groups is 1. The highest BCUT2D eigenvalue weighted by atomic mass is 32.2. The minimum atomic E-state index is -0.430. The average Bonchev–Trinajstić information content (AvgIpc) is 3.21. The molecule has 0 atom stereocenters. The molecule has 7 nitrogen and oxygen atoms in total. The molecule has 1 aliphatic heterocycles. The normalized spacial score (nSPS) is 14.4. The quantitative estimate of drug-likeness (QED) is 0.540. The van der Waals surface area contributed by atoms with Crippen molar-refractivity contribution >= 4 is 40.6 Å². The van der Waals surface area contributed by atoms with Gasteiger partial charge in [-0.25, -0.2) is 4.39 Å². The minimum absolute atomic E-state index is 0.00669. The standard InChI is InChI=1S/C20H26FN5O2S2/c21-15-6-4-7-16(12-15)23-19(28)20-25-24-18(30-20)14-29-13-17(27)22-8-5-11-26-9-2-1-3-10-26/h4,6-7,12H,1-3,5,8-11,13-14H2,(H,22,27)(H,23,28). The number of amides is 2. The van der Waals surface area contributed by atoms with Gasteiger partial charge in [-0.1, -0.05) is 23.8 Å². The van der Waals surface area contributed by atoms with Crippen LogP contribution in [0, 0.1) is 5.82 Å². The molecule has 2 N–H and O–H groups in total. The molecule has 1 fully saturated rings. The number of carbonyl (C=O) groups is 2. The molecule has 0 aliphatic carbocycles. The van der Waals surface area contributed by atoms with Gasteiger partial charge in [0.1, 0.15) is 10.8 Å². The molecular formula is C20H26FN5O2S2. The molecular weight excluding hydrogens is 425 g/mol. The summed E-state index contributed by atoms with van der Waals surface area (Å²) in [7, 11) is 0. The highest BCUT2D eigenvalue weighted by molar-refractivity contribution is 7.99. The molecule has 1 aromatic heterocycles. The molecule has 1 aliphatic rings. The predicted molar refractivity (Wildman–Crippen MR) is 118 cm³/mol. The van der Waals surface area contributed by atoms with Crippen molar-refractivity contribution < 1.29 is 14.0 Å². The second kappa shape index (κ2) is 12.0. The molecule has 0 spiro atoms. The topological polar surface area (TPSA) is 87.2 Å². The van der Waals surface area contributed by atoms with E-state index in [0.717, 1.165) is 13.0 Å². The first-order valence-corrected chi connectivity index (χ1v) is 12.0. The fourth-order valence-corrected chi connectivity index (χ4v) is 4.79. The number of halogens is 1. The lowest BCUT2D eigenvalue weighted by atomic mass is 10.1. The third kappa shape index (κ3) is 7.66. The van der Waals surface area contributed by atoms with E-state index in [9.17, 15) is 14.0 Å². The van der Waals surface area contributed by atoms with Gasteiger partial charge in [-0.3, -0.25) is 9.59 Å². The highest BCUT2D eigenvalue weighted by Crippen LogP contribution is 2.18. The Kier molecular flexibility index (Phi) is 9.03. The largest absolute Gasteiger partial charge is 0.355 e. The summed E-state index contributed by atoms with van der Waals surface area (Å²) in [5.41, 5.74) is 0.364. The first-order chi connectivity index (χ1) is 14.6. The second-order valence-electron chi connectivity index (χ2n) is 7.06. The Labute approximate surface area is 183 Å². The SMILES string of the molecule is O=C(CSCc1nnc(C(=O)Nc2cccc(F)c2)s1)NCCCN1CCCCC1. The zero-order chi connectivity index (χ0) is 21.2. The van der Waals surface area contributed by atoms with Crippen LogP contribution in [0.2, 0.25) is 0 Å². The number of likely N-dealkylation sites (tertiary alicyclic amines) is 1. The summed E-state index contributed by atoms with van der Waals surface area (Å²) in [6.45, 7) is 4.08. The van der Waals surface area contributed by atoms with Crippen molar-refractivity contribution in [1.82, 2.24) is 20.4 Å². The zero-order valence-corrected chi connectivity index (χ0v) is 18.4. The van der Waals surface area contributed by atoms with Crippen LogP contribution in [0.25, 0.3) is 0 Å². The van der Waals surface area contributed by atoms with Crippen LogP contribution in [-0.2, 0) is 10.5 Å². The van der Waals surface area contributed by atoms with Gasteiger partial charge in [0.25, 0.3) is 5.91 Å². The van der Waals surface area contributed by atoms with Crippen LogP contribution in [0.5, 0.6) is 0 Å². The number of rotatable bonds is 10. The van der Waals surface area contributed by atoms with Crippen molar-refractivity contribution in [1.29, 1.82) is 0 Å². The number of nitrogens with one attached hydrogen (secondary N) is 2. The van der Waals surface area contributed by atoms with Gasteiger partial charge in [-0.2, -0.15) is 0 Å². The van der Waals surface area contributed by atoms with E-state index in [1.807, 2.05) is 0 Å². The number of carbonyl (C=O) groups excluding carboxylic acids is 2. The molecule has 0 radical (unpaired) electrons. The Morgan fingerprint density at radius 3 is 2.83 bits per heavy atom. The number of hydrogen-bond acceptors (Lipinski definition) is 7. The predicted octanol–water partition coefficient (Wildman–Crippen LogP) is 3.15. The molecule has 1 aromatic carbocycles. The number of anilines is 1. The van der Waals surface area contributed by atoms with E-state index in [1.165, 1.54) is 73.6 Å². The third-order valence-corrected chi connectivity index (χ3v) is 6.67. The highest BCUT2D eigenvalue weighted by Gasteiger charge is 2.14. The van der Waals surface area contributed by atoms with Gasteiger partial charge in [-0.15, -0.1) is 22.0 Å². The van der Waals surface area contributed by atoms with Crippen LogP contribution >= 0.6 is 23.1 Å². The molecule has 0 unspecified atom stereocenters. The minimum Gasteiger partial charge on any atom is -0.355 e. The van der Waals surface area contributed by atoms with Gasteiger partial charge in [0.2, 0.25) is 10.9 Å². The van der Waals surface area contributed by atoms with Crippen LogP contribution < -0.4 is 10.6 Å². The van der Waals surface area contributed by atoms with Crippen LogP contribution in [0.15, 0.2) is 24.3 Å². The van der Waals surface area contributed by atoms with Crippen molar-refractivity contribution in [2.45, 2.75) is 31.4 Å². The summed E-state index contributed by atoms with van der Waals surface area (Å²) < 4.78 is 13.2. The van der Waals surface area contributed by atoms with Crippen LogP contribution in [0.3, 0.4) is 0 Å². The van der Waals surface area contributed by atoms with E-state index < -0.39 is 11.7 Å². The summed E-state index contributed by atoms with van der Waals surface area (Å²) >= 11 is 2.60. The first kappa shape index (κ1) is 22.6. The fourth-order valence-electron chi connectivity index (χ4n) is 3.15. The van der Waals surface area contributed by atoms with Crippen molar-refractivity contribution in [2.75, 3.05) is 37.2 Å². The van der Waals surface area contributed by atoms with Gasteiger partial charge < -0.3 is 15.5 Å². The number of aromatic nitrogens is 2. The Morgan fingerprint density at radius 1 is 1.20 bits per heavy atom. The molecule has 2 amide bonds. The number of hydrogen-bond donors (Lipinski definition) is 2. The molecule has 1 saturated heterocycles. The summed E-state index contributed by atoms with van der Waals surface area (Å²) in [5, 5.41) is 14.3. The summed E-state index contributed by atoms with van der Waals surface area (Å²) in [5.74, 6) is 0.000181. The average molecular weight is 452 g/mol. The van der Waals surface area contributed by atoms with Crippen molar-refractivity contribution in [3.63, 3.8) is 0 Å². The second-order valence-corrected chi connectivity index (χ2v) is 9.11. The summed E-state index contributed by atoms with van der Waals surface area (Å²) in [4.78, 5) is 26.6. The molecule has 2 aromatic rings. The molecule has 2 heterocycles. The smallest absolute Gasteiger partial charge is 0.286 e. The van der Waals surface area contributed by atoms with Gasteiger partial charge in [-0.05, 0) is 57.1 Å². The Hall–Kier alpha value is -2.04. The van der Waals surface area contributed by atoms with E-state index >= 15 is 0 Å². The van der Waals surface area contributed by atoms with Crippen LogP contribution in [0.4, 0.5) is 10.1 Å². The molecule has 162 valence electrons. The third-order valence-electron chi connectivity index (χ3n) is 4.62. The van der Waals surface area contributed by atoms with E-state index in [0.29, 0.717) is 28.7 Å². The van der Waals surface area contributed by atoms with Crippen LogP contribution in [0.1, 0.15) is 40.5 Å². The van der Waals surface area contributed by atoms with Gasteiger partial charge >= 0.3 is 0 Å². The van der Waals surface area contributed by atoms with Crippen LogP contribution in [-0.4, -0.2) is 58.8 Å².